The Morgan fingerprint density at radius 2 is 1.78 bits per heavy atom. The Kier molecular flexibility index (Phi) is 5.37. The van der Waals surface area contributed by atoms with Crippen LogP contribution in [0, 0.1) is 0 Å². The number of halogens is 2. The zero-order valence-corrected chi connectivity index (χ0v) is 13.9. The highest BCUT2D eigenvalue weighted by Gasteiger charge is 2.22. The summed E-state index contributed by atoms with van der Waals surface area (Å²) >= 11 is 6.73. The number of carbonyl (C=O) groups is 1. The summed E-state index contributed by atoms with van der Waals surface area (Å²) in [6.07, 6.45) is 0. The van der Waals surface area contributed by atoms with Crippen LogP contribution in [0.3, 0.4) is 0 Å². The van der Waals surface area contributed by atoms with Crippen molar-refractivity contribution < 1.29 is 9.90 Å². The maximum absolute atomic E-state index is 12.3. The van der Waals surface area contributed by atoms with Crippen molar-refractivity contribution in [1.82, 2.24) is 4.90 Å². The van der Waals surface area contributed by atoms with Crippen LogP contribution in [0.25, 0.3) is 0 Å². The second kappa shape index (κ2) is 6.17. The minimum Gasteiger partial charge on any atom is -0.389 e. The Labute approximate surface area is 124 Å². The van der Waals surface area contributed by atoms with E-state index < -0.39 is 5.60 Å². The fourth-order valence-corrected chi connectivity index (χ4v) is 2.95. The molecule has 1 aromatic rings. The number of carbonyl (C=O) groups excluding carboxylic acids is 1. The first kappa shape index (κ1) is 15.7. The predicted octanol–water partition coefficient (Wildman–Crippen LogP) is 3.44. The highest BCUT2D eigenvalue weighted by atomic mass is 79.9. The minimum absolute atomic E-state index is 0.0818. The highest BCUT2D eigenvalue weighted by Crippen LogP contribution is 2.21. The first-order valence-electron chi connectivity index (χ1n) is 5.70. The van der Waals surface area contributed by atoms with Crippen molar-refractivity contribution in [2.45, 2.75) is 26.4 Å². The van der Waals surface area contributed by atoms with E-state index in [4.69, 9.17) is 0 Å². The Bertz CT molecular complexity index is 421. The van der Waals surface area contributed by atoms with Crippen LogP contribution in [-0.2, 0) is 0 Å². The Hall–Kier alpha value is -0.390. The molecular formula is C13H17Br2NO2. The van der Waals surface area contributed by atoms with E-state index >= 15 is 0 Å². The fourth-order valence-electron chi connectivity index (χ4n) is 1.65. The molecule has 0 aliphatic rings. The van der Waals surface area contributed by atoms with Gasteiger partial charge in [0, 0.05) is 27.6 Å². The summed E-state index contributed by atoms with van der Waals surface area (Å²) in [6.45, 7) is 6.16. The molecule has 18 heavy (non-hydrogen) atoms. The van der Waals surface area contributed by atoms with Crippen molar-refractivity contribution in [2.24, 2.45) is 0 Å². The molecule has 5 heteroatoms. The van der Waals surface area contributed by atoms with Gasteiger partial charge in [-0.25, -0.2) is 0 Å². The van der Waals surface area contributed by atoms with Crippen molar-refractivity contribution in [3.05, 3.63) is 32.7 Å². The molecule has 1 rings (SSSR count). The van der Waals surface area contributed by atoms with Crippen LogP contribution in [0.2, 0.25) is 0 Å². The van der Waals surface area contributed by atoms with Crippen LogP contribution in [-0.4, -0.2) is 34.6 Å². The van der Waals surface area contributed by atoms with Crippen molar-refractivity contribution >= 4 is 37.8 Å². The first-order chi connectivity index (χ1) is 8.23. The van der Waals surface area contributed by atoms with Gasteiger partial charge in [-0.1, -0.05) is 31.9 Å². The van der Waals surface area contributed by atoms with Crippen molar-refractivity contribution in [3.63, 3.8) is 0 Å². The number of hydrogen-bond acceptors (Lipinski definition) is 2. The summed E-state index contributed by atoms with van der Waals surface area (Å²) in [4.78, 5) is 14.0. The molecule has 0 saturated heterocycles. The van der Waals surface area contributed by atoms with Crippen LogP contribution in [0.1, 0.15) is 31.1 Å². The molecular weight excluding hydrogens is 362 g/mol. The van der Waals surface area contributed by atoms with Crippen LogP contribution in [0.15, 0.2) is 27.1 Å². The van der Waals surface area contributed by atoms with Crippen LogP contribution in [0.4, 0.5) is 0 Å². The minimum atomic E-state index is -0.894. The van der Waals surface area contributed by atoms with E-state index in [1.165, 1.54) is 0 Å². The third-order valence-corrected chi connectivity index (χ3v) is 3.27. The average molecular weight is 379 g/mol. The molecule has 0 aliphatic heterocycles. The van der Waals surface area contributed by atoms with Crippen molar-refractivity contribution in [3.8, 4) is 0 Å². The van der Waals surface area contributed by atoms with Crippen LogP contribution < -0.4 is 0 Å². The lowest BCUT2D eigenvalue weighted by Gasteiger charge is -2.28. The van der Waals surface area contributed by atoms with Gasteiger partial charge in [0.25, 0.3) is 5.91 Å². The zero-order valence-electron chi connectivity index (χ0n) is 10.7. The summed E-state index contributed by atoms with van der Waals surface area (Å²) < 4.78 is 1.69. The van der Waals surface area contributed by atoms with Gasteiger partial charge in [0.2, 0.25) is 0 Å². The lowest BCUT2D eigenvalue weighted by Crippen LogP contribution is -2.42. The number of amides is 1. The predicted molar refractivity (Wildman–Crippen MR) is 79.7 cm³/mol. The molecule has 0 spiro atoms. The highest BCUT2D eigenvalue weighted by molar-refractivity contribution is 9.11. The largest absolute Gasteiger partial charge is 0.389 e. The molecule has 0 fully saturated rings. The Morgan fingerprint density at radius 3 is 2.17 bits per heavy atom. The third-order valence-electron chi connectivity index (χ3n) is 2.36. The van der Waals surface area contributed by atoms with Gasteiger partial charge in [-0.2, -0.15) is 0 Å². The maximum Gasteiger partial charge on any atom is 0.254 e. The molecule has 3 nitrogen and oxygen atoms in total. The normalized spacial score (nSPS) is 11.4. The monoisotopic (exact) mass is 377 g/mol. The lowest BCUT2D eigenvalue weighted by atomic mass is 10.1. The molecule has 1 amide bonds. The summed E-state index contributed by atoms with van der Waals surface area (Å²) in [5, 5.41) is 9.81. The van der Waals surface area contributed by atoms with Gasteiger partial charge in [0.1, 0.15) is 0 Å². The average Bonchev–Trinajstić information content (AvgIpc) is 2.22. The van der Waals surface area contributed by atoms with Gasteiger partial charge in [0.05, 0.1) is 5.60 Å². The smallest absolute Gasteiger partial charge is 0.254 e. The van der Waals surface area contributed by atoms with E-state index in [0.29, 0.717) is 18.7 Å². The zero-order chi connectivity index (χ0) is 13.9. The second-order valence-corrected chi connectivity index (χ2v) is 6.62. The number of likely N-dealkylation sites (N-methyl/N-ethyl adjacent to an activating group) is 1. The molecule has 0 aliphatic carbocycles. The Balaban J connectivity index is 2.96. The summed E-state index contributed by atoms with van der Waals surface area (Å²) in [7, 11) is 0. The van der Waals surface area contributed by atoms with Gasteiger partial charge < -0.3 is 10.0 Å². The topological polar surface area (TPSA) is 40.5 Å². The SMILES string of the molecule is CCN(CC(C)(C)O)C(=O)c1cc(Br)cc(Br)c1. The molecule has 0 atom stereocenters. The standard InChI is InChI=1S/C13H17Br2NO2/c1-4-16(8-13(2,3)18)12(17)9-5-10(14)7-11(15)6-9/h5-7,18H,4,8H2,1-3H3. The lowest BCUT2D eigenvalue weighted by molar-refractivity contribution is 0.0314. The molecule has 1 aromatic carbocycles. The molecule has 0 unspecified atom stereocenters. The van der Waals surface area contributed by atoms with Gasteiger partial charge in [-0.3, -0.25) is 4.79 Å². The third kappa shape index (κ3) is 4.71. The molecule has 0 bridgehead atoms. The van der Waals surface area contributed by atoms with Crippen LogP contribution >= 0.6 is 31.9 Å². The van der Waals surface area contributed by atoms with Crippen LogP contribution in [0.5, 0.6) is 0 Å². The van der Waals surface area contributed by atoms with Gasteiger partial charge >= 0.3 is 0 Å². The molecule has 100 valence electrons. The number of nitrogens with zero attached hydrogens (tertiary/aromatic N) is 1. The molecule has 1 N–H and O–H groups in total. The number of benzene rings is 1. The van der Waals surface area contributed by atoms with E-state index in [1.807, 2.05) is 13.0 Å². The van der Waals surface area contributed by atoms with E-state index in [-0.39, 0.29) is 5.91 Å². The number of hydrogen-bond donors (Lipinski definition) is 1. The number of aliphatic hydroxyl groups is 1. The first-order valence-corrected chi connectivity index (χ1v) is 7.29. The molecule has 0 heterocycles. The summed E-state index contributed by atoms with van der Waals surface area (Å²) in [5.74, 6) is -0.0818. The van der Waals surface area contributed by atoms with Gasteiger partial charge in [-0.05, 0) is 39.0 Å². The van der Waals surface area contributed by atoms with E-state index in [1.54, 1.807) is 30.9 Å². The second-order valence-electron chi connectivity index (χ2n) is 4.79. The van der Waals surface area contributed by atoms with Gasteiger partial charge in [-0.15, -0.1) is 0 Å². The van der Waals surface area contributed by atoms with E-state index in [9.17, 15) is 9.90 Å². The molecule has 0 saturated carbocycles. The summed E-state index contributed by atoms with van der Waals surface area (Å²) in [5.41, 5.74) is -0.295. The fraction of sp³-hybridized carbons (Fsp3) is 0.462. The van der Waals surface area contributed by atoms with Gasteiger partial charge in [0.15, 0.2) is 0 Å². The van der Waals surface area contributed by atoms with Crippen molar-refractivity contribution in [2.75, 3.05) is 13.1 Å². The van der Waals surface area contributed by atoms with E-state index in [2.05, 4.69) is 31.9 Å². The summed E-state index contributed by atoms with van der Waals surface area (Å²) in [6, 6.07) is 5.43. The van der Waals surface area contributed by atoms with Crippen molar-refractivity contribution in [1.29, 1.82) is 0 Å². The Morgan fingerprint density at radius 1 is 1.28 bits per heavy atom. The maximum atomic E-state index is 12.3. The molecule has 0 aromatic heterocycles. The molecule has 0 radical (unpaired) electrons. The van der Waals surface area contributed by atoms with E-state index in [0.717, 1.165) is 8.95 Å². The quantitative estimate of drug-likeness (QED) is 0.871. The number of rotatable bonds is 4.